The van der Waals surface area contributed by atoms with E-state index in [9.17, 15) is 4.21 Å². The van der Waals surface area contributed by atoms with Gasteiger partial charge < -0.3 is 4.74 Å². The third-order valence-corrected chi connectivity index (χ3v) is 4.66. The molecule has 1 aromatic carbocycles. The van der Waals surface area contributed by atoms with Crippen LogP contribution in [0.2, 0.25) is 0 Å². The minimum absolute atomic E-state index is 0.537. The van der Waals surface area contributed by atoms with Crippen LogP contribution in [0.15, 0.2) is 36.6 Å². The summed E-state index contributed by atoms with van der Waals surface area (Å²) in [6.07, 6.45) is 2.84. The molecule has 0 saturated carbocycles. The lowest BCUT2D eigenvalue weighted by atomic mass is 10.1. The molecule has 0 bridgehead atoms. The van der Waals surface area contributed by atoms with Crippen molar-refractivity contribution in [1.82, 2.24) is 0 Å². The zero-order valence-corrected chi connectivity index (χ0v) is 10.9. The van der Waals surface area contributed by atoms with Gasteiger partial charge in [-0.1, -0.05) is 30.3 Å². The molecule has 1 aromatic rings. The monoisotopic (exact) mass is 250 g/mol. The second kappa shape index (κ2) is 6.01. The van der Waals surface area contributed by atoms with Crippen molar-refractivity contribution in [2.75, 3.05) is 18.1 Å². The molecular weight excluding hydrogens is 232 g/mol. The summed E-state index contributed by atoms with van der Waals surface area (Å²) < 4.78 is 16.4. The van der Waals surface area contributed by atoms with E-state index in [4.69, 9.17) is 4.74 Å². The van der Waals surface area contributed by atoms with Crippen LogP contribution in [-0.4, -0.2) is 22.3 Å². The summed E-state index contributed by atoms with van der Waals surface area (Å²) in [7, 11) is -0.537. The molecule has 1 heterocycles. The molecule has 0 radical (unpaired) electrons. The molecule has 0 unspecified atom stereocenters. The van der Waals surface area contributed by atoms with Gasteiger partial charge in [-0.05, 0) is 30.4 Å². The minimum Gasteiger partial charge on any atom is -0.501 e. The van der Waals surface area contributed by atoms with Gasteiger partial charge in [0.15, 0.2) is 0 Å². The first-order chi connectivity index (χ1) is 8.25. The standard InChI is InChI=1S/C14H18O2S/c1-12(14-5-3-2-4-6-14)9-16-8-7-13-10-17(15)11-13/h2-6,9,13H,7-8,10-11H2,1H3/b12-9-. The average molecular weight is 250 g/mol. The Kier molecular flexibility index (Phi) is 4.37. The maximum atomic E-state index is 10.9. The van der Waals surface area contributed by atoms with Gasteiger partial charge in [-0.25, -0.2) is 0 Å². The molecule has 1 aliphatic rings. The summed E-state index contributed by atoms with van der Waals surface area (Å²) in [6.45, 7) is 2.78. The van der Waals surface area contributed by atoms with Crippen molar-refractivity contribution in [3.8, 4) is 0 Å². The van der Waals surface area contributed by atoms with Crippen molar-refractivity contribution in [3.63, 3.8) is 0 Å². The molecule has 17 heavy (non-hydrogen) atoms. The highest BCUT2D eigenvalue weighted by Gasteiger charge is 2.24. The van der Waals surface area contributed by atoms with E-state index in [2.05, 4.69) is 12.1 Å². The molecule has 0 aromatic heterocycles. The van der Waals surface area contributed by atoms with E-state index in [1.54, 1.807) is 0 Å². The maximum Gasteiger partial charge on any atom is 0.0876 e. The quantitative estimate of drug-likeness (QED) is 0.593. The van der Waals surface area contributed by atoms with Gasteiger partial charge in [0.1, 0.15) is 0 Å². The third-order valence-electron chi connectivity index (χ3n) is 2.98. The largest absolute Gasteiger partial charge is 0.501 e. The Morgan fingerprint density at radius 3 is 2.76 bits per heavy atom. The molecule has 92 valence electrons. The Balaban J connectivity index is 1.71. The van der Waals surface area contributed by atoms with Crippen LogP contribution in [0.4, 0.5) is 0 Å². The van der Waals surface area contributed by atoms with Crippen molar-refractivity contribution >= 4 is 16.4 Å². The highest BCUT2D eigenvalue weighted by molar-refractivity contribution is 7.86. The Bertz CT molecular complexity index is 403. The Morgan fingerprint density at radius 1 is 1.41 bits per heavy atom. The number of ether oxygens (including phenoxy) is 1. The first-order valence-electron chi connectivity index (χ1n) is 5.94. The highest BCUT2D eigenvalue weighted by atomic mass is 32.2. The zero-order valence-electron chi connectivity index (χ0n) is 10.1. The Morgan fingerprint density at radius 2 is 2.12 bits per heavy atom. The summed E-state index contributed by atoms with van der Waals surface area (Å²) in [5, 5.41) is 0. The molecule has 1 aliphatic heterocycles. The van der Waals surface area contributed by atoms with Crippen LogP contribution in [0.5, 0.6) is 0 Å². The van der Waals surface area contributed by atoms with Crippen molar-refractivity contribution in [2.45, 2.75) is 13.3 Å². The molecular formula is C14H18O2S. The average Bonchev–Trinajstić information content (AvgIpc) is 2.32. The van der Waals surface area contributed by atoms with Gasteiger partial charge in [-0.2, -0.15) is 0 Å². The first-order valence-corrected chi connectivity index (χ1v) is 7.43. The lowest BCUT2D eigenvalue weighted by molar-refractivity contribution is 0.229. The highest BCUT2D eigenvalue weighted by Crippen LogP contribution is 2.18. The number of allylic oxidation sites excluding steroid dienone is 1. The van der Waals surface area contributed by atoms with Crippen LogP contribution >= 0.6 is 0 Å². The van der Waals surface area contributed by atoms with E-state index in [0.717, 1.165) is 30.1 Å². The minimum atomic E-state index is -0.537. The molecule has 3 heteroatoms. The fraction of sp³-hybridized carbons (Fsp3) is 0.429. The molecule has 1 fully saturated rings. The van der Waals surface area contributed by atoms with E-state index in [-0.39, 0.29) is 0 Å². The van der Waals surface area contributed by atoms with Gasteiger partial charge >= 0.3 is 0 Å². The second-order valence-electron chi connectivity index (χ2n) is 4.47. The summed E-state index contributed by atoms with van der Waals surface area (Å²) in [4.78, 5) is 0. The van der Waals surface area contributed by atoms with E-state index < -0.39 is 10.8 Å². The van der Waals surface area contributed by atoms with Gasteiger partial charge in [0.2, 0.25) is 0 Å². The Hall–Kier alpha value is -1.09. The van der Waals surface area contributed by atoms with Gasteiger partial charge in [-0.15, -0.1) is 0 Å². The van der Waals surface area contributed by atoms with Crippen LogP contribution < -0.4 is 0 Å². The smallest absolute Gasteiger partial charge is 0.0876 e. The zero-order chi connectivity index (χ0) is 12.1. The van der Waals surface area contributed by atoms with Crippen molar-refractivity contribution in [1.29, 1.82) is 0 Å². The van der Waals surface area contributed by atoms with Crippen LogP contribution in [0.1, 0.15) is 18.9 Å². The predicted octanol–water partition coefficient (Wildman–Crippen LogP) is 2.83. The van der Waals surface area contributed by atoms with E-state index >= 15 is 0 Å². The fourth-order valence-corrected chi connectivity index (χ4v) is 3.12. The predicted molar refractivity (Wildman–Crippen MR) is 72.0 cm³/mol. The Labute approximate surface area is 105 Å². The molecule has 0 atom stereocenters. The van der Waals surface area contributed by atoms with Gasteiger partial charge in [0.25, 0.3) is 0 Å². The maximum absolute atomic E-state index is 10.9. The molecule has 0 N–H and O–H groups in total. The molecule has 0 spiro atoms. The van der Waals surface area contributed by atoms with Gasteiger partial charge in [0, 0.05) is 22.3 Å². The molecule has 0 aliphatic carbocycles. The number of rotatable bonds is 5. The summed E-state index contributed by atoms with van der Waals surface area (Å²) in [6, 6.07) is 10.2. The first kappa shape index (κ1) is 12.4. The number of hydrogen-bond acceptors (Lipinski definition) is 2. The molecule has 0 amide bonds. The number of benzene rings is 1. The summed E-state index contributed by atoms with van der Waals surface area (Å²) in [5.41, 5.74) is 2.33. The molecule has 1 saturated heterocycles. The second-order valence-corrected chi connectivity index (χ2v) is 6.01. The van der Waals surface area contributed by atoms with Crippen molar-refractivity contribution in [2.24, 2.45) is 5.92 Å². The van der Waals surface area contributed by atoms with Crippen molar-refractivity contribution < 1.29 is 8.95 Å². The molecule has 2 rings (SSSR count). The van der Waals surface area contributed by atoms with Gasteiger partial charge in [-0.3, -0.25) is 4.21 Å². The van der Waals surface area contributed by atoms with E-state index in [0.29, 0.717) is 5.92 Å². The van der Waals surface area contributed by atoms with Crippen LogP contribution in [0.25, 0.3) is 5.57 Å². The molecule has 2 nitrogen and oxygen atoms in total. The van der Waals surface area contributed by atoms with E-state index in [1.807, 2.05) is 31.4 Å². The van der Waals surface area contributed by atoms with Crippen molar-refractivity contribution in [3.05, 3.63) is 42.2 Å². The summed E-state index contributed by atoms with van der Waals surface area (Å²) in [5.74, 6) is 2.34. The number of hydrogen-bond donors (Lipinski definition) is 0. The lowest BCUT2D eigenvalue weighted by Crippen LogP contribution is -2.31. The fourth-order valence-electron chi connectivity index (χ4n) is 1.83. The third kappa shape index (κ3) is 3.70. The summed E-state index contributed by atoms with van der Waals surface area (Å²) >= 11 is 0. The normalized spacial score (nSPS) is 24.2. The van der Waals surface area contributed by atoms with Gasteiger partial charge in [0.05, 0.1) is 12.9 Å². The SMILES string of the molecule is C/C(=C/OCCC1CS(=O)C1)c1ccccc1. The topological polar surface area (TPSA) is 26.3 Å². The van der Waals surface area contributed by atoms with Crippen LogP contribution in [0.3, 0.4) is 0 Å². The van der Waals surface area contributed by atoms with Crippen LogP contribution in [0, 0.1) is 5.92 Å². The lowest BCUT2D eigenvalue weighted by Gasteiger charge is -2.24. The van der Waals surface area contributed by atoms with Crippen LogP contribution in [-0.2, 0) is 15.5 Å². The van der Waals surface area contributed by atoms with E-state index in [1.165, 1.54) is 5.56 Å².